The number of fused-ring (bicyclic) bond motifs is 1. The molecule has 0 aliphatic carbocycles. The summed E-state index contributed by atoms with van der Waals surface area (Å²) in [5.41, 5.74) is -0.0819. The Morgan fingerprint density at radius 2 is 1.74 bits per heavy atom. The SMILES string of the molecule is N#CCOc1ccc(CNC(=O)c2c3n(c(=O)n2-c2ccc(OCC(F)(F)F)cc2)CCN(C(=O)c2ccc(Br)c(Cl)c2)C3)c(F)c1. The van der Waals surface area contributed by atoms with Crippen molar-refractivity contribution in [3.8, 4) is 23.3 Å². The van der Waals surface area contributed by atoms with E-state index in [0.717, 1.165) is 10.6 Å². The van der Waals surface area contributed by atoms with Crippen LogP contribution in [0.2, 0.25) is 5.02 Å². The number of aromatic nitrogens is 2. The van der Waals surface area contributed by atoms with E-state index in [-0.39, 0.29) is 72.5 Å². The average molecular weight is 737 g/mol. The molecular weight excluding hydrogens is 714 g/mol. The molecule has 16 heteroatoms. The molecule has 0 radical (unpaired) electrons. The highest BCUT2D eigenvalue weighted by atomic mass is 79.9. The first-order valence-corrected chi connectivity index (χ1v) is 15.0. The fourth-order valence-electron chi connectivity index (χ4n) is 4.91. The Labute approximate surface area is 277 Å². The normalized spacial score (nSPS) is 12.7. The van der Waals surface area contributed by atoms with Crippen LogP contribution in [0.3, 0.4) is 0 Å². The summed E-state index contributed by atoms with van der Waals surface area (Å²) in [6, 6.07) is 15.4. The number of halogens is 6. The van der Waals surface area contributed by atoms with Crippen molar-refractivity contribution in [2.24, 2.45) is 0 Å². The van der Waals surface area contributed by atoms with Crippen LogP contribution in [-0.4, -0.2) is 51.8 Å². The summed E-state index contributed by atoms with van der Waals surface area (Å²) >= 11 is 9.47. The van der Waals surface area contributed by atoms with Crippen molar-refractivity contribution in [1.82, 2.24) is 19.4 Å². The highest BCUT2D eigenvalue weighted by molar-refractivity contribution is 9.10. The molecule has 5 rings (SSSR count). The van der Waals surface area contributed by atoms with Crippen LogP contribution in [0.5, 0.6) is 11.5 Å². The van der Waals surface area contributed by atoms with Gasteiger partial charge in [0.2, 0.25) is 0 Å². The van der Waals surface area contributed by atoms with Gasteiger partial charge in [-0.1, -0.05) is 17.7 Å². The number of benzene rings is 3. The Morgan fingerprint density at radius 3 is 2.40 bits per heavy atom. The largest absolute Gasteiger partial charge is 0.484 e. The second-order valence-corrected chi connectivity index (χ2v) is 11.5. The zero-order valence-electron chi connectivity index (χ0n) is 24.1. The van der Waals surface area contributed by atoms with Gasteiger partial charge in [-0.05, 0) is 64.5 Å². The first-order chi connectivity index (χ1) is 22.4. The summed E-state index contributed by atoms with van der Waals surface area (Å²) in [7, 11) is 0. The number of nitrogens with zero attached hydrogens (tertiary/aromatic N) is 4. The predicted molar refractivity (Wildman–Crippen MR) is 164 cm³/mol. The van der Waals surface area contributed by atoms with Gasteiger partial charge in [0.15, 0.2) is 13.2 Å². The Hall–Kier alpha value is -4.81. The Kier molecular flexibility index (Phi) is 9.92. The molecule has 1 aliphatic rings. The lowest BCUT2D eigenvalue weighted by Gasteiger charge is -2.28. The molecular formula is C31H23BrClF4N5O5. The maximum atomic E-state index is 14.8. The molecule has 2 amide bonds. The maximum Gasteiger partial charge on any atom is 0.422 e. The Bertz CT molecular complexity index is 1940. The van der Waals surface area contributed by atoms with Crippen molar-refractivity contribution in [2.45, 2.75) is 25.8 Å². The molecule has 0 saturated carbocycles. The van der Waals surface area contributed by atoms with Gasteiger partial charge in [0, 0.05) is 41.3 Å². The van der Waals surface area contributed by atoms with E-state index in [1.54, 1.807) is 18.2 Å². The van der Waals surface area contributed by atoms with Crippen molar-refractivity contribution >= 4 is 39.3 Å². The van der Waals surface area contributed by atoms with Crippen LogP contribution in [0.15, 0.2) is 69.9 Å². The summed E-state index contributed by atoms with van der Waals surface area (Å²) in [4.78, 5) is 42.4. The lowest BCUT2D eigenvalue weighted by Crippen LogP contribution is -2.41. The highest BCUT2D eigenvalue weighted by Crippen LogP contribution is 2.27. The molecule has 4 aromatic rings. The van der Waals surface area contributed by atoms with Crippen LogP contribution in [-0.2, 0) is 19.6 Å². The molecule has 0 atom stereocenters. The van der Waals surface area contributed by atoms with Gasteiger partial charge < -0.3 is 19.7 Å². The molecule has 47 heavy (non-hydrogen) atoms. The van der Waals surface area contributed by atoms with E-state index in [1.165, 1.54) is 51.9 Å². The number of carbonyl (C=O) groups excluding carboxylic acids is 2. The van der Waals surface area contributed by atoms with Crippen LogP contribution >= 0.6 is 27.5 Å². The monoisotopic (exact) mass is 735 g/mol. The number of imidazole rings is 1. The molecule has 0 unspecified atom stereocenters. The smallest absolute Gasteiger partial charge is 0.422 e. The minimum atomic E-state index is -4.56. The Balaban J connectivity index is 1.48. The zero-order chi connectivity index (χ0) is 33.9. The van der Waals surface area contributed by atoms with E-state index in [2.05, 4.69) is 21.2 Å². The molecule has 10 nitrogen and oxygen atoms in total. The molecule has 244 valence electrons. The minimum Gasteiger partial charge on any atom is -0.484 e. The second-order valence-electron chi connectivity index (χ2n) is 10.2. The number of nitrogens with one attached hydrogen (secondary N) is 1. The zero-order valence-corrected chi connectivity index (χ0v) is 26.5. The molecule has 0 spiro atoms. The van der Waals surface area contributed by atoms with E-state index in [1.807, 2.05) is 0 Å². The van der Waals surface area contributed by atoms with Gasteiger partial charge in [0.25, 0.3) is 11.8 Å². The Morgan fingerprint density at radius 1 is 1.02 bits per heavy atom. The van der Waals surface area contributed by atoms with Crippen LogP contribution in [0.25, 0.3) is 5.69 Å². The summed E-state index contributed by atoms with van der Waals surface area (Å²) in [5, 5.41) is 11.6. The van der Waals surface area contributed by atoms with Gasteiger partial charge in [-0.3, -0.25) is 18.7 Å². The van der Waals surface area contributed by atoms with Crippen molar-refractivity contribution in [2.75, 3.05) is 19.8 Å². The van der Waals surface area contributed by atoms with Gasteiger partial charge >= 0.3 is 11.9 Å². The second kappa shape index (κ2) is 13.9. The van der Waals surface area contributed by atoms with Crippen LogP contribution in [0.1, 0.15) is 32.1 Å². The molecule has 1 N–H and O–H groups in total. The van der Waals surface area contributed by atoms with E-state index in [9.17, 15) is 31.9 Å². The number of rotatable bonds is 9. The predicted octanol–water partition coefficient (Wildman–Crippen LogP) is 5.62. The fraction of sp³-hybridized carbons (Fsp3) is 0.226. The first-order valence-electron chi connectivity index (χ1n) is 13.8. The minimum absolute atomic E-state index is 0.0308. The van der Waals surface area contributed by atoms with E-state index in [0.29, 0.717) is 9.50 Å². The molecule has 3 aromatic carbocycles. The van der Waals surface area contributed by atoms with E-state index < -0.39 is 36.1 Å². The number of nitriles is 1. The fourth-order valence-corrected chi connectivity index (χ4v) is 5.34. The molecule has 0 saturated heterocycles. The maximum absolute atomic E-state index is 14.8. The van der Waals surface area contributed by atoms with Crippen molar-refractivity contribution in [3.05, 3.63) is 109 Å². The highest BCUT2D eigenvalue weighted by Gasteiger charge is 2.33. The number of amides is 2. The van der Waals surface area contributed by atoms with Crippen LogP contribution in [0, 0.1) is 17.1 Å². The number of carbonyl (C=O) groups is 2. The molecule has 1 aromatic heterocycles. The van der Waals surface area contributed by atoms with Crippen LogP contribution in [0.4, 0.5) is 17.6 Å². The molecule has 1 aliphatic heterocycles. The van der Waals surface area contributed by atoms with Crippen molar-refractivity contribution in [1.29, 1.82) is 5.26 Å². The lowest BCUT2D eigenvalue weighted by atomic mass is 10.1. The summed E-state index contributed by atoms with van der Waals surface area (Å²) in [6.45, 7) is -2.09. The van der Waals surface area contributed by atoms with Crippen molar-refractivity contribution in [3.63, 3.8) is 0 Å². The van der Waals surface area contributed by atoms with Gasteiger partial charge in [0.1, 0.15) is 29.1 Å². The van der Waals surface area contributed by atoms with Crippen LogP contribution < -0.4 is 20.5 Å². The summed E-state index contributed by atoms with van der Waals surface area (Å²) in [6.07, 6.45) is -4.56. The summed E-state index contributed by atoms with van der Waals surface area (Å²) in [5.74, 6) is -1.88. The first kappa shape index (κ1) is 33.6. The van der Waals surface area contributed by atoms with E-state index in [4.69, 9.17) is 26.3 Å². The average Bonchev–Trinajstić information content (AvgIpc) is 3.34. The standard InChI is InChI=1S/C31H23BrClF4N5O5/c32-23-8-2-18(13-24(23)33)29(44)40-10-11-41-26(16-40)27(28(43)39-15-19-1-5-22(14-25(19)34)46-12-9-38)42(30(41)45)20-3-6-21(7-4-20)47-17-31(35,36)37/h1-8,13-14H,10-12,15-17H2,(H,39,43). The topological polar surface area (TPSA) is 119 Å². The third-order valence-electron chi connectivity index (χ3n) is 7.11. The number of alkyl halides is 3. The van der Waals surface area contributed by atoms with Crippen molar-refractivity contribution < 1.29 is 36.6 Å². The molecule has 0 fully saturated rings. The summed E-state index contributed by atoms with van der Waals surface area (Å²) < 4.78 is 65.6. The molecule has 2 heterocycles. The number of hydrogen-bond donors (Lipinski definition) is 1. The van der Waals surface area contributed by atoms with Gasteiger partial charge in [0.05, 0.1) is 22.9 Å². The number of ether oxygens (including phenoxy) is 2. The van der Waals surface area contributed by atoms with E-state index >= 15 is 0 Å². The third kappa shape index (κ3) is 7.61. The number of hydrogen-bond acceptors (Lipinski definition) is 6. The third-order valence-corrected chi connectivity index (χ3v) is 8.35. The van der Waals surface area contributed by atoms with Gasteiger partial charge in [-0.25, -0.2) is 9.18 Å². The van der Waals surface area contributed by atoms with Gasteiger partial charge in [-0.15, -0.1) is 0 Å². The lowest BCUT2D eigenvalue weighted by molar-refractivity contribution is -0.153. The van der Waals surface area contributed by atoms with Gasteiger partial charge in [-0.2, -0.15) is 18.4 Å². The quantitative estimate of drug-likeness (QED) is 0.223. The molecule has 0 bridgehead atoms.